The third-order valence-electron chi connectivity index (χ3n) is 5.89. The Kier molecular flexibility index (Phi) is 3.08. The van der Waals surface area contributed by atoms with E-state index in [4.69, 9.17) is 20.9 Å². The largest absolute Gasteiger partial charge is 0.457 e. The van der Waals surface area contributed by atoms with Crippen LogP contribution in [0, 0.1) is 0 Å². The summed E-state index contributed by atoms with van der Waals surface area (Å²) in [5.41, 5.74) is 17.6. The Morgan fingerprint density at radius 3 is 1.38 bits per heavy atom. The summed E-state index contributed by atoms with van der Waals surface area (Å²) in [5, 5.41) is 0. The maximum absolute atomic E-state index is 6.61. The summed E-state index contributed by atoms with van der Waals surface area (Å²) in [5.74, 6) is 3.04. The van der Waals surface area contributed by atoms with E-state index < -0.39 is 5.41 Å². The number of rotatable bonds is 0. The Morgan fingerprint density at radius 1 is 0.483 bits per heavy atom. The van der Waals surface area contributed by atoms with E-state index in [0.29, 0.717) is 11.4 Å². The molecule has 0 saturated heterocycles. The zero-order valence-corrected chi connectivity index (χ0v) is 15.6. The molecule has 4 N–H and O–H groups in total. The van der Waals surface area contributed by atoms with E-state index in [9.17, 15) is 0 Å². The Labute approximate surface area is 168 Å². The number of hydrogen-bond acceptors (Lipinski definition) is 4. The molecule has 4 nitrogen and oxygen atoms in total. The van der Waals surface area contributed by atoms with Crippen LogP contribution in [0.2, 0.25) is 0 Å². The van der Waals surface area contributed by atoms with E-state index in [-0.39, 0.29) is 0 Å². The van der Waals surface area contributed by atoms with Gasteiger partial charge in [0.1, 0.15) is 23.0 Å². The molecule has 2 aliphatic rings. The minimum atomic E-state index is -0.731. The summed E-state index contributed by atoms with van der Waals surface area (Å²) in [7, 11) is 0. The summed E-state index contributed by atoms with van der Waals surface area (Å²) in [6, 6.07) is 27.7. The monoisotopic (exact) mass is 378 g/mol. The van der Waals surface area contributed by atoms with Crippen molar-refractivity contribution in [3.63, 3.8) is 0 Å². The molecule has 0 fully saturated rings. The molecule has 0 unspecified atom stereocenters. The number of nitrogens with two attached hydrogens (primary N) is 2. The van der Waals surface area contributed by atoms with Crippen LogP contribution in [-0.4, -0.2) is 0 Å². The van der Waals surface area contributed by atoms with Crippen molar-refractivity contribution >= 4 is 11.4 Å². The van der Waals surface area contributed by atoms with Crippen LogP contribution in [0.5, 0.6) is 23.0 Å². The molecule has 29 heavy (non-hydrogen) atoms. The summed E-state index contributed by atoms with van der Waals surface area (Å²) in [4.78, 5) is 0. The number of para-hydroxylation sites is 2. The highest BCUT2D eigenvalue weighted by molar-refractivity contribution is 5.82. The van der Waals surface area contributed by atoms with Crippen molar-refractivity contribution in [3.05, 3.63) is 107 Å². The first-order valence-corrected chi connectivity index (χ1v) is 9.54. The predicted molar refractivity (Wildman–Crippen MR) is 114 cm³/mol. The molecule has 4 aromatic rings. The third-order valence-corrected chi connectivity index (χ3v) is 5.89. The molecule has 1 spiro atoms. The molecule has 2 heterocycles. The molecule has 140 valence electrons. The highest BCUT2D eigenvalue weighted by Gasteiger charge is 2.52. The van der Waals surface area contributed by atoms with Gasteiger partial charge >= 0.3 is 0 Å². The van der Waals surface area contributed by atoms with Gasteiger partial charge in [0.25, 0.3) is 0 Å². The number of nitrogen functional groups attached to an aromatic ring is 2. The van der Waals surface area contributed by atoms with E-state index in [2.05, 4.69) is 12.1 Å². The van der Waals surface area contributed by atoms with Gasteiger partial charge in [-0.3, -0.25) is 0 Å². The first-order valence-electron chi connectivity index (χ1n) is 9.54. The first-order chi connectivity index (χ1) is 14.2. The zero-order valence-electron chi connectivity index (χ0n) is 15.6. The van der Waals surface area contributed by atoms with Gasteiger partial charge in [-0.15, -0.1) is 0 Å². The Balaban J connectivity index is 1.90. The minimum Gasteiger partial charge on any atom is -0.457 e. The van der Waals surface area contributed by atoms with E-state index in [1.807, 2.05) is 72.8 Å². The van der Waals surface area contributed by atoms with E-state index in [1.54, 1.807) is 0 Å². The molecule has 0 radical (unpaired) electrons. The van der Waals surface area contributed by atoms with Gasteiger partial charge in [0.2, 0.25) is 0 Å². The first kappa shape index (κ1) is 16.1. The second-order valence-corrected chi connectivity index (χ2v) is 7.39. The maximum atomic E-state index is 6.61. The van der Waals surface area contributed by atoms with E-state index in [1.165, 1.54) is 0 Å². The van der Waals surface area contributed by atoms with Gasteiger partial charge in [0.05, 0.1) is 5.41 Å². The van der Waals surface area contributed by atoms with Gasteiger partial charge < -0.3 is 20.9 Å². The molecule has 0 aromatic heterocycles. The van der Waals surface area contributed by atoms with Crippen molar-refractivity contribution in [2.24, 2.45) is 0 Å². The normalized spacial score (nSPS) is 14.6. The predicted octanol–water partition coefficient (Wildman–Crippen LogP) is 5.45. The van der Waals surface area contributed by atoms with Crippen LogP contribution < -0.4 is 20.9 Å². The van der Waals surface area contributed by atoms with Gasteiger partial charge in [-0.1, -0.05) is 48.5 Å². The van der Waals surface area contributed by atoms with Crippen LogP contribution in [0.3, 0.4) is 0 Å². The number of hydrogen-bond donors (Lipinski definition) is 2. The number of benzene rings is 4. The van der Waals surface area contributed by atoms with Crippen molar-refractivity contribution in [2.75, 3.05) is 11.5 Å². The maximum Gasteiger partial charge on any atom is 0.134 e. The Bertz CT molecular complexity index is 1190. The minimum absolute atomic E-state index is 0.655. The number of ether oxygens (including phenoxy) is 2. The Morgan fingerprint density at radius 2 is 0.897 bits per heavy atom. The quantitative estimate of drug-likeness (QED) is 0.345. The van der Waals surface area contributed by atoms with Gasteiger partial charge in [0, 0.05) is 33.6 Å². The van der Waals surface area contributed by atoms with Crippen LogP contribution in [0.1, 0.15) is 22.3 Å². The molecule has 4 aromatic carbocycles. The fraction of sp³-hybridized carbons (Fsp3) is 0.0400. The third kappa shape index (κ3) is 1.93. The average Bonchev–Trinajstić information content (AvgIpc) is 2.74. The van der Waals surface area contributed by atoms with Gasteiger partial charge in [-0.25, -0.2) is 0 Å². The van der Waals surface area contributed by atoms with E-state index >= 15 is 0 Å². The summed E-state index contributed by atoms with van der Waals surface area (Å²) >= 11 is 0. The van der Waals surface area contributed by atoms with Crippen LogP contribution in [0.4, 0.5) is 11.4 Å². The highest BCUT2D eigenvalue weighted by atomic mass is 16.5. The van der Waals surface area contributed by atoms with E-state index in [0.717, 1.165) is 45.3 Å². The SMILES string of the molecule is Nc1cccc2c1C1(c3ccccc3O2)c2ccccc2Oc2cccc(N)c21. The van der Waals surface area contributed by atoms with Gasteiger partial charge in [-0.2, -0.15) is 0 Å². The molecule has 0 bridgehead atoms. The molecule has 0 amide bonds. The lowest BCUT2D eigenvalue weighted by Gasteiger charge is -2.45. The van der Waals surface area contributed by atoms with Crippen LogP contribution in [0.25, 0.3) is 0 Å². The lowest BCUT2D eigenvalue weighted by molar-refractivity contribution is 0.401. The topological polar surface area (TPSA) is 70.5 Å². The summed E-state index contributed by atoms with van der Waals surface area (Å²) < 4.78 is 12.6. The molecule has 0 aliphatic carbocycles. The molecule has 6 rings (SSSR count). The second kappa shape index (κ2) is 5.55. The Hall–Kier alpha value is -3.92. The van der Waals surface area contributed by atoms with Crippen molar-refractivity contribution in [1.82, 2.24) is 0 Å². The van der Waals surface area contributed by atoms with Crippen LogP contribution >= 0.6 is 0 Å². The van der Waals surface area contributed by atoms with Crippen LogP contribution in [-0.2, 0) is 5.41 Å². The average molecular weight is 378 g/mol. The zero-order chi connectivity index (χ0) is 19.6. The second-order valence-electron chi connectivity index (χ2n) is 7.39. The fourth-order valence-electron chi connectivity index (χ4n) is 4.85. The fourth-order valence-corrected chi connectivity index (χ4v) is 4.85. The van der Waals surface area contributed by atoms with Crippen molar-refractivity contribution < 1.29 is 9.47 Å². The number of anilines is 2. The summed E-state index contributed by atoms with van der Waals surface area (Å²) in [6.07, 6.45) is 0. The molecular weight excluding hydrogens is 360 g/mol. The van der Waals surface area contributed by atoms with Crippen LogP contribution in [0.15, 0.2) is 84.9 Å². The van der Waals surface area contributed by atoms with Crippen molar-refractivity contribution in [1.29, 1.82) is 0 Å². The lowest BCUT2D eigenvalue weighted by atomic mass is 9.61. The molecular formula is C25H18N2O2. The molecule has 4 heteroatoms. The van der Waals surface area contributed by atoms with Crippen molar-refractivity contribution in [3.8, 4) is 23.0 Å². The van der Waals surface area contributed by atoms with Gasteiger partial charge in [0.15, 0.2) is 0 Å². The smallest absolute Gasteiger partial charge is 0.134 e. The van der Waals surface area contributed by atoms with Crippen molar-refractivity contribution in [2.45, 2.75) is 5.41 Å². The molecule has 0 atom stereocenters. The lowest BCUT2D eigenvalue weighted by Crippen LogP contribution is -2.38. The van der Waals surface area contributed by atoms with Gasteiger partial charge in [-0.05, 0) is 36.4 Å². The number of fused-ring (bicyclic) bond motifs is 8. The standard InChI is InChI=1S/C25H18N2O2/c26-17-9-5-13-21-23(17)25(15-7-1-3-11-19(15)28-21)16-8-2-4-12-20(16)29-22-14-6-10-18(27)24(22)25/h1-14H,26-27H2. The highest BCUT2D eigenvalue weighted by Crippen LogP contribution is 2.63. The molecule has 0 saturated carbocycles. The molecule has 2 aliphatic heterocycles. The summed E-state index contributed by atoms with van der Waals surface area (Å²) in [6.45, 7) is 0.